The van der Waals surface area contributed by atoms with E-state index in [1.165, 1.54) is 25.5 Å². The molecule has 0 aliphatic carbocycles. The molecule has 2 aliphatic heterocycles. The van der Waals surface area contributed by atoms with Crippen molar-refractivity contribution >= 4 is 5.97 Å². The lowest BCUT2D eigenvalue weighted by atomic mass is 10.1. The molecule has 2 fully saturated rings. The Labute approximate surface area is 96.5 Å². The molecular formula is C12H20N2O2. The van der Waals surface area contributed by atoms with E-state index < -0.39 is 5.97 Å². The van der Waals surface area contributed by atoms with Crippen molar-refractivity contribution < 1.29 is 9.90 Å². The molecule has 0 saturated carbocycles. The van der Waals surface area contributed by atoms with Crippen LogP contribution < -0.4 is 0 Å². The number of nitrogens with zero attached hydrogens (tertiary/aromatic N) is 2. The molecule has 0 bridgehead atoms. The molecule has 2 aliphatic rings. The van der Waals surface area contributed by atoms with Gasteiger partial charge in [0.1, 0.15) is 0 Å². The summed E-state index contributed by atoms with van der Waals surface area (Å²) in [5.41, 5.74) is 0. The summed E-state index contributed by atoms with van der Waals surface area (Å²) in [6, 6.07) is 1.24. The molecule has 16 heavy (non-hydrogen) atoms. The van der Waals surface area contributed by atoms with Gasteiger partial charge in [-0.15, -0.1) is 0 Å². The molecule has 0 aromatic heterocycles. The lowest BCUT2D eigenvalue weighted by Gasteiger charge is -2.41. The van der Waals surface area contributed by atoms with Gasteiger partial charge in [-0.3, -0.25) is 9.80 Å². The molecule has 4 nitrogen and oxygen atoms in total. The first-order valence-electron chi connectivity index (χ1n) is 6.04. The zero-order chi connectivity index (χ0) is 11.5. The van der Waals surface area contributed by atoms with Gasteiger partial charge in [0.25, 0.3) is 0 Å². The molecule has 1 N–H and O–H groups in total. The summed E-state index contributed by atoms with van der Waals surface area (Å²) in [6.45, 7) is 6.45. The number of hydrogen-bond donors (Lipinski definition) is 1. The summed E-state index contributed by atoms with van der Waals surface area (Å²) in [5.74, 6) is -0.854. The molecule has 0 aromatic rings. The number of piperazine rings is 1. The summed E-state index contributed by atoms with van der Waals surface area (Å²) in [5, 5.41) is 8.55. The SMILES string of the molecule is CC1CN2CCCC2CN1CC=CC(=O)O. The molecule has 0 aromatic carbocycles. The van der Waals surface area contributed by atoms with Gasteiger partial charge in [-0.25, -0.2) is 4.79 Å². The van der Waals surface area contributed by atoms with E-state index in [2.05, 4.69) is 16.7 Å². The van der Waals surface area contributed by atoms with E-state index in [1.807, 2.05) is 0 Å². The molecule has 2 saturated heterocycles. The predicted octanol–water partition coefficient (Wildman–Crippen LogP) is 0.796. The van der Waals surface area contributed by atoms with Crippen LogP contribution in [0, 0.1) is 0 Å². The number of fused-ring (bicyclic) bond motifs is 1. The lowest BCUT2D eigenvalue weighted by molar-refractivity contribution is -0.131. The minimum Gasteiger partial charge on any atom is -0.478 e. The smallest absolute Gasteiger partial charge is 0.328 e. The van der Waals surface area contributed by atoms with Crippen molar-refractivity contribution in [2.24, 2.45) is 0 Å². The minimum absolute atomic E-state index is 0.535. The Morgan fingerprint density at radius 3 is 3.06 bits per heavy atom. The van der Waals surface area contributed by atoms with Crippen molar-refractivity contribution in [3.63, 3.8) is 0 Å². The Morgan fingerprint density at radius 2 is 2.31 bits per heavy atom. The maximum absolute atomic E-state index is 10.4. The van der Waals surface area contributed by atoms with Crippen LogP contribution in [0.3, 0.4) is 0 Å². The maximum Gasteiger partial charge on any atom is 0.328 e. The molecule has 2 rings (SSSR count). The Hall–Kier alpha value is -0.870. The summed E-state index contributed by atoms with van der Waals surface area (Å²) in [7, 11) is 0. The first-order valence-corrected chi connectivity index (χ1v) is 6.04. The van der Waals surface area contributed by atoms with E-state index in [0.29, 0.717) is 12.1 Å². The molecule has 0 spiro atoms. The van der Waals surface area contributed by atoms with Crippen molar-refractivity contribution in [3.8, 4) is 0 Å². The monoisotopic (exact) mass is 224 g/mol. The number of hydrogen-bond acceptors (Lipinski definition) is 3. The van der Waals surface area contributed by atoms with Crippen molar-refractivity contribution in [1.82, 2.24) is 9.80 Å². The van der Waals surface area contributed by atoms with Gasteiger partial charge in [0.2, 0.25) is 0 Å². The van der Waals surface area contributed by atoms with Crippen LogP contribution in [0.15, 0.2) is 12.2 Å². The van der Waals surface area contributed by atoms with E-state index in [1.54, 1.807) is 6.08 Å². The standard InChI is InChI=1S/C12H20N2O2/c1-10-8-14-7-2-4-11(14)9-13(10)6-3-5-12(15)16/h3,5,10-11H,2,4,6-9H2,1H3,(H,15,16). The Morgan fingerprint density at radius 1 is 1.50 bits per heavy atom. The van der Waals surface area contributed by atoms with Gasteiger partial charge in [-0.05, 0) is 26.3 Å². The summed E-state index contributed by atoms with van der Waals surface area (Å²) in [4.78, 5) is 15.3. The van der Waals surface area contributed by atoms with Gasteiger partial charge in [0.15, 0.2) is 0 Å². The number of carbonyl (C=O) groups is 1. The Balaban J connectivity index is 1.87. The Kier molecular flexibility index (Phi) is 3.61. The third kappa shape index (κ3) is 2.62. The average molecular weight is 224 g/mol. The first kappa shape index (κ1) is 11.6. The fraction of sp³-hybridized carbons (Fsp3) is 0.750. The highest BCUT2D eigenvalue weighted by molar-refractivity contribution is 5.79. The van der Waals surface area contributed by atoms with E-state index in [9.17, 15) is 4.79 Å². The fourth-order valence-corrected chi connectivity index (χ4v) is 2.79. The number of carboxylic acid groups (broad SMARTS) is 1. The van der Waals surface area contributed by atoms with Gasteiger partial charge in [-0.1, -0.05) is 6.08 Å². The first-order chi connectivity index (χ1) is 7.66. The van der Waals surface area contributed by atoms with Crippen LogP contribution >= 0.6 is 0 Å². The predicted molar refractivity (Wildman–Crippen MR) is 62.4 cm³/mol. The second kappa shape index (κ2) is 4.97. The van der Waals surface area contributed by atoms with Crippen LogP contribution in [-0.4, -0.2) is 59.1 Å². The zero-order valence-corrected chi connectivity index (χ0v) is 9.80. The van der Waals surface area contributed by atoms with Crippen LogP contribution in [0.2, 0.25) is 0 Å². The van der Waals surface area contributed by atoms with Crippen molar-refractivity contribution in [2.75, 3.05) is 26.2 Å². The van der Waals surface area contributed by atoms with Crippen LogP contribution in [0.1, 0.15) is 19.8 Å². The zero-order valence-electron chi connectivity index (χ0n) is 9.80. The lowest BCUT2D eigenvalue weighted by Crippen LogP contribution is -2.54. The second-order valence-electron chi connectivity index (χ2n) is 4.83. The molecular weight excluding hydrogens is 204 g/mol. The summed E-state index contributed by atoms with van der Waals surface area (Å²) >= 11 is 0. The van der Waals surface area contributed by atoms with E-state index in [0.717, 1.165) is 19.6 Å². The largest absolute Gasteiger partial charge is 0.478 e. The van der Waals surface area contributed by atoms with Crippen molar-refractivity contribution in [3.05, 3.63) is 12.2 Å². The highest BCUT2D eigenvalue weighted by Crippen LogP contribution is 2.24. The van der Waals surface area contributed by atoms with Crippen LogP contribution in [-0.2, 0) is 4.79 Å². The van der Waals surface area contributed by atoms with E-state index >= 15 is 0 Å². The molecule has 2 unspecified atom stereocenters. The van der Waals surface area contributed by atoms with Gasteiger partial charge in [0, 0.05) is 37.8 Å². The quantitative estimate of drug-likeness (QED) is 0.720. The highest BCUT2D eigenvalue weighted by Gasteiger charge is 2.33. The maximum atomic E-state index is 10.4. The molecule has 2 atom stereocenters. The van der Waals surface area contributed by atoms with Gasteiger partial charge in [-0.2, -0.15) is 0 Å². The number of carboxylic acids is 1. The van der Waals surface area contributed by atoms with E-state index in [4.69, 9.17) is 5.11 Å². The van der Waals surface area contributed by atoms with Crippen molar-refractivity contribution in [1.29, 1.82) is 0 Å². The van der Waals surface area contributed by atoms with Crippen LogP contribution in [0.25, 0.3) is 0 Å². The van der Waals surface area contributed by atoms with Crippen molar-refractivity contribution in [2.45, 2.75) is 31.8 Å². The molecule has 90 valence electrons. The summed E-state index contributed by atoms with van der Waals surface area (Å²) in [6.07, 6.45) is 5.61. The highest BCUT2D eigenvalue weighted by atomic mass is 16.4. The molecule has 0 amide bonds. The number of aliphatic carboxylic acids is 1. The summed E-state index contributed by atoms with van der Waals surface area (Å²) < 4.78 is 0. The molecule has 2 heterocycles. The average Bonchev–Trinajstić information content (AvgIpc) is 2.64. The van der Waals surface area contributed by atoms with Crippen LogP contribution in [0.5, 0.6) is 0 Å². The van der Waals surface area contributed by atoms with Gasteiger partial charge >= 0.3 is 5.97 Å². The van der Waals surface area contributed by atoms with E-state index in [-0.39, 0.29) is 0 Å². The topological polar surface area (TPSA) is 43.8 Å². The normalized spacial score (nSPS) is 32.1. The number of rotatable bonds is 3. The second-order valence-corrected chi connectivity index (χ2v) is 4.83. The fourth-order valence-electron chi connectivity index (χ4n) is 2.79. The third-order valence-corrected chi connectivity index (χ3v) is 3.67. The minimum atomic E-state index is -0.854. The molecule has 0 radical (unpaired) electrons. The molecule has 4 heteroatoms. The van der Waals surface area contributed by atoms with Gasteiger partial charge in [0.05, 0.1) is 0 Å². The van der Waals surface area contributed by atoms with Gasteiger partial charge < -0.3 is 5.11 Å². The van der Waals surface area contributed by atoms with Crippen LogP contribution in [0.4, 0.5) is 0 Å². The third-order valence-electron chi connectivity index (χ3n) is 3.67. The Bertz CT molecular complexity index is 291.